The van der Waals surface area contributed by atoms with Crippen LogP contribution in [0, 0.1) is 0 Å². The fraction of sp³-hybridized carbons (Fsp3) is 0.125. The van der Waals surface area contributed by atoms with Gasteiger partial charge in [-0.2, -0.15) is 0 Å². The van der Waals surface area contributed by atoms with E-state index in [4.69, 9.17) is 5.11 Å². The lowest BCUT2D eigenvalue weighted by Crippen LogP contribution is -2.17. The second kappa shape index (κ2) is 7.04. The van der Waals surface area contributed by atoms with E-state index in [-0.39, 0.29) is 0 Å². The summed E-state index contributed by atoms with van der Waals surface area (Å²) in [4.78, 5) is 16.9. The highest BCUT2D eigenvalue weighted by Gasteiger charge is 2.07. The molecule has 0 saturated heterocycles. The number of anilines is 1. The van der Waals surface area contributed by atoms with Crippen molar-refractivity contribution >= 4 is 33.7 Å². The lowest BCUT2D eigenvalue weighted by atomic mass is 10.1. The van der Waals surface area contributed by atoms with Crippen molar-refractivity contribution in [2.45, 2.75) is 6.54 Å². The lowest BCUT2D eigenvalue weighted by molar-refractivity contribution is -0.131. The molecule has 0 bridgehead atoms. The van der Waals surface area contributed by atoms with Gasteiger partial charge in [-0.05, 0) is 41.5 Å². The third-order valence-electron chi connectivity index (χ3n) is 2.95. The average Bonchev–Trinajstić information content (AvgIpc) is 2.46. The topological polar surface area (TPSA) is 53.4 Å². The minimum atomic E-state index is -0.962. The lowest BCUT2D eigenvalue weighted by Gasteiger charge is -2.21. The summed E-state index contributed by atoms with van der Waals surface area (Å²) in [6.07, 6.45) is 6.30. The average molecular weight is 347 g/mol. The molecule has 0 saturated carbocycles. The first-order valence-corrected chi connectivity index (χ1v) is 7.16. The molecule has 1 heterocycles. The van der Waals surface area contributed by atoms with E-state index >= 15 is 0 Å². The predicted octanol–water partition coefficient (Wildman–Crippen LogP) is 3.58. The first kappa shape index (κ1) is 15.3. The maximum Gasteiger partial charge on any atom is 0.328 e. The first-order chi connectivity index (χ1) is 10.1. The van der Waals surface area contributed by atoms with Crippen LogP contribution in [0.15, 0.2) is 53.3 Å². The van der Waals surface area contributed by atoms with Gasteiger partial charge in [0.1, 0.15) is 0 Å². The number of nitrogens with zero attached hydrogens (tertiary/aromatic N) is 2. The van der Waals surface area contributed by atoms with Crippen molar-refractivity contribution < 1.29 is 9.90 Å². The number of pyridine rings is 1. The highest BCUT2D eigenvalue weighted by Crippen LogP contribution is 2.26. The van der Waals surface area contributed by atoms with Gasteiger partial charge in [0.05, 0.1) is 0 Å². The molecule has 1 aromatic carbocycles. The van der Waals surface area contributed by atoms with E-state index in [0.29, 0.717) is 6.54 Å². The van der Waals surface area contributed by atoms with Gasteiger partial charge in [-0.15, -0.1) is 0 Å². The van der Waals surface area contributed by atoms with Crippen LogP contribution in [0.1, 0.15) is 11.1 Å². The summed E-state index contributed by atoms with van der Waals surface area (Å²) in [5, 5.41) is 8.79. The molecule has 108 valence electrons. The summed E-state index contributed by atoms with van der Waals surface area (Å²) in [7, 11) is 1.97. The van der Waals surface area contributed by atoms with E-state index in [1.54, 1.807) is 12.3 Å². The van der Waals surface area contributed by atoms with E-state index in [0.717, 1.165) is 27.4 Å². The molecule has 2 rings (SSSR count). The molecule has 0 unspecified atom stereocenters. The van der Waals surface area contributed by atoms with Gasteiger partial charge in [-0.3, -0.25) is 4.98 Å². The number of benzene rings is 1. The minimum Gasteiger partial charge on any atom is -0.478 e. The smallest absolute Gasteiger partial charge is 0.328 e. The Kier molecular flexibility index (Phi) is 5.11. The SMILES string of the molecule is CN(Cc1cccnc1)c1ccc(Br)cc1/C=C/C(=O)O. The van der Waals surface area contributed by atoms with Crippen LogP contribution in [-0.2, 0) is 11.3 Å². The molecular formula is C16H15BrN2O2. The summed E-state index contributed by atoms with van der Waals surface area (Å²) >= 11 is 3.41. The predicted molar refractivity (Wildman–Crippen MR) is 87.2 cm³/mol. The fourth-order valence-electron chi connectivity index (χ4n) is 2.02. The highest BCUT2D eigenvalue weighted by atomic mass is 79.9. The van der Waals surface area contributed by atoms with Crippen molar-refractivity contribution in [2.24, 2.45) is 0 Å². The molecule has 0 aliphatic rings. The van der Waals surface area contributed by atoms with Gasteiger partial charge in [0.25, 0.3) is 0 Å². The number of hydrogen-bond donors (Lipinski definition) is 1. The Morgan fingerprint density at radius 2 is 2.24 bits per heavy atom. The van der Waals surface area contributed by atoms with Crippen molar-refractivity contribution in [1.29, 1.82) is 0 Å². The Bertz CT molecular complexity index is 657. The van der Waals surface area contributed by atoms with Crippen LogP contribution in [0.2, 0.25) is 0 Å². The minimum absolute atomic E-state index is 0.698. The van der Waals surface area contributed by atoms with Crippen molar-refractivity contribution in [2.75, 3.05) is 11.9 Å². The van der Waals surface area contributed by atoms with E-state index in [9.17, 15) is 4.79 Å². The molecule has 5 heteroatoms. The van der Waals surface area contributed by atoms with E-state index in [2.05, 4.69) is 25.8 Å². The monoisotopic (exact) mass is 346 g/mol. The Balaban J connectivity index is 2.27. The normalized spacial score (nSPS) is 10.8. The van der Waals surface area contributed by atoms with Crippen LogP contribution in [-0.4, -0.2) is 23.1 Å². The molecular weight excluding hydrogens is 332 g/mol. The number of carbonyl (C=O) groups is 1. The maximum absolute atomic E-state index is 10.7. The van der Waals surface area contributed by atoms with Crippen molar-refractivity contribution in [3.05, 3.63) is 64.4 Å². The zero-order chi connectivity index (χ0) is 15.2. The molecule has 1 N–H and O–H groups in total. The standard InChI is InChI=1S/C16H15BrN2O2/c1-19(11-12-3-2-8-18-10-12)15-6-5-14(17)9-13(15)4-7-16(20)21/h2-10H,11H2,1H3,(H,20,21)/b7-4+. The largest absolute Gasteiger partial charge is 0.478 e. The number of carboxylic acids is 1. The number of aliphatic carboxylic acids is 1. The number of rotatable bonds is 5. The molecule has 0 radical (unpaired) electrons. The third-order valence-corrected chi connectivity index (χ3v) is 3.44. The number of hydrogen-bond acceptors (Lipinski definition) is 3. The molecule has 21 heavy (non-hydrogen) atoms. The summed E-state index contributed by atoms with van der Waals surface area (Å²) in [6, 6.07) is 9.70. The molecule has 0 fully saturated rings. The number of carboxylic acid groups (broad SMARTS) is 1. The molecule has 0 spiro atoms. The van der Waals surface area contributed by atoms with Crippen LogP contribution in [0.3, 0.4) is 0 Å². The zero-order valence-corrected chi connectivity index (χ0v) is 13.1. The zero-order valence-electron chi connectivity index (χ0n) is 11.5. The molecule has 0 atom stereocenters. The Morgan fingerprint density at radius 3 is 2.90 bits per heavy atom. The quantitative estimate of drug-likeness (QED) is 0.840. The van der Waals surface area contributed by atoms with Gasteiger partial charge >= 0.3 is 5.97 Å². The van der Waals surface area contributed by atoms with Gasteiger partial charge in [0.15, 0.2) is 0 Å². The van der Waals surface area contributed by atoms with Crippen LogP contribution < -0.4 is 4.90 Å². The van der Waals surface area contributed by atoms with Gasteiger partial charge in [-0.25, -0.2) is 4.79 Å². The fourth-order valence-corrected chi connectivity index (χ4v) is 2.40. The molecule has 1 aromatic heterocycles. The summed E-state index contributed by atoms with van der Waals surface area (Å²) in [5.41, 5.74) is 2.90. The molecule has 0 aliphatic heterocycles. The van der Waals surface area contributed by atoms with Gasteiger partial charge in [0, 0.05) is 42.2 Å². The second-order valence-corrected chi connectivity index (χ2v) is 5.51. The molecule has 0 aliphatic carbocycles. The third kappa shape index (κ3) is 4.43. The highest BCUT2D eigenvalue weighted by molar-refractivity contribution is 9.10. The van der Waals surface area contributed by atoms with Crippen molar-refractivity contribution in [3.8, 4) is 0 Å². The van der Waals surface area contributed by atoms with Crippen LogP contribution >= 0.6 is 15.9 Å². The molecule has 0 amide bonds. The van der Waals surface area contributed by atoms with Crippen molar-refractivity contribution in [3.63, 3.8) is 0 Å². The van der Waals surface area contributed by atoms with Gasteiger partial charge < -0.3 is 10.0 Å². The number of halogens is 1. The van der Waals surface area contributed by atoms with Gasteiger partial charge in [0.2, 0.25) is 0 Å². The summed E-state index contributed by atoms with van der Waals surface area (Å²) in [5.74, 6) is -0.962. The van der Waals surface area contributed by atoms with Crippen LogP contribution in [0.5, 0.6) is 0 Å². The number of aromatic nitrogens is 1. The first-order valence-electron chi connectivity index (χ1n) is 6.37. The van der Waals surface area contributed by atoms with Crippen LogP contribution in [0.4, 0.5) is 5.69 Å². The van der Waals surface area contributed by atoms with E-state index in [1.807, 2.05) is 43.6 Å². The Morgan fingerprint density at radius 1 is 1.43 bits per heavy atom. The summed E-state index contributed by atoms with van der Waals surface area (Å²) in [6.45, 7) is 0.698. The molecule has 2 aromatic rings. The maximum atomic E-state index is 10.7. The summed E-state index contributed by atoms with van der Waals surface area (Å²) < 4.78 is 0.908. The Labute approximate surface area is 131 Å². The Hall–Kier alpha value is -2.14. The van der Waals surface area contributed by atoms with Gasteiger partial charge in [-0.1, -0.05) is 22.0 Å². The molecule has 4 nitrogen and oxygen atoms in total. The van der Waals surface area contributed by atoms with Crippen LogP contribution in [0.25, 0.3) is 6.08 Å². The second-order valence-electron chi connectivity index (χ2n) is 4.59. The van der Waals surface area contributed by atoms with Crippen molar-refractivity contribution in [1.82, 2.24) is 4.98 Å². The van der Waals surface area contributed by atoms with E-state index < -0.39 is 5.97 Å². The van der Waals surface area contributed by atoms with E-state index in [1.165, 1.54) is 0 Å².